The van der Waals surface area contributed by atoms with Gasteiger partial charge >= 0.3 is 5.97 Å². The SMILES string of the molecule is CCCNC(c1ccc(C(=O)OC)o1)c1ccc(Cl)s1. The number of halogens is 1. The summed E-state index contributed by atoms with van der Waals surface area (Å²) in [6.07, 6.45) is 1.00. The van der Waals surface area contributed by atoms with Crippen LogP contribution in [0, 0.1) is 0 Å². The Morgan fingerprint density at radius 2 is 2.25 bits per heavy atom. The van der Waals surface area contributed by atoms with Gasteiger partial charge in [-0.15, -0.1) is 11.3 Å². The number of nitrogens with one attached hydrogen (secondary N) is 1. The van der Waals surface area contributed by atoms with Crippen molar-refractivity contribution in [2.75, 3.05) is 13.7 Å². The summed E-state index contributed by atoms with van der Waals surface area (Å²) in [7, 11) is 1.33. The van der Waals surface area contributed by atoms with E-state index in [0.29, 0.717) is 5.76 Å². The average molecular weight is 314 g/mol. The molecule has 4 nitrogen and oxygen atoms in total. The quantitative estimate of drug-likeness (QED) is 0.823. The molecule has 0 saturated carbocycles. The summed E-state index contributed by atoms with van der Waals surface area (Å²) >= 11 is 7.48. The van der Waals surface area contributed by atoms with Crippen LogP contribution in [-0.4, -0.2) is 19.6 Å². The van der Waals surface area contributed by atoms with Gasteiger partial charge in [0.25, 0.3) is 0 Å². The third-order valence-electron chi connectivity index (χ3n) is 2.77. The van der Waals surface area contributed by atoms with Crippen LogP contribution < -0.4 is 5.32 Å². The van der Waals surface area contributed by atoms with E-state index in [1.54, 1.807) is 12.1 Å². The third kappa shape index (κ3) is 3.42. The molecule has 0 amide bonds. The summed E-state index contributed by atoms with van der Waals surface area (Å²) in [6, 6.07) is 7.11. The van der Waals surface area contributed by atoms with Crippen LogP contribution in [0.1, 0.15) is 40.6 Å². The minimum atomic E-state index is -0.477. The zero-order valence-electron chi connectivity index (χ0n) is 11.3. The topological polar surface area (TPSA) is 51.5 Å². The Morgan fingerprint density at radius 3 is 2.85 bits per heavy atom. The van der Waals surface area contributed by atoms with Crippen LogP contribution >= 0.6 is 22.9 Å². The maximum atomic E-state index is 11.4. The van der Waals surface area contributed by atoms with Crippen LogP contribution in [0.4, 0.5) is 0 Å². The molecule has 0 radical (unpaired) electrons. The van der Waals surface area contributed by atoms with Gasteiger partial charge in [0.05, 0.1) is 11.4 Å². The van der Waals surface area contributed by atoms with Gasteiger partial charge in [0.15, 0.2) is 0 Å². The number of esters is 1. The number of carbonyl (C=O) groups is 1. The molecule has 108 valence electrons. The van der Waals surface area contributed by atoms with E-state index in [0.717, 1.165) is 22.2 Å². The van der Waals surface area contributed by atoms with E-state index in [2.05, 4.69) is 17.0 Å². The molecule has 6 heteroatoms. The summed E-state index contributed by atoms with van der Waals surface area (Å²) < 4.78 is 11.0. The Hall–Kier alpha value is -1.30. The molecule has 2 heterocycles. The van der Waals surface area contributed by atoms with Crippen molar-refractivity contribution in [3.63, 3.8) is 0 Å². The molecule has 2 rings (SSSR count). The van der Waals surface area contributed by atoms with E-state index >= 15 is 0 Å². The van der Waals surface area contributed by atoms with E-state index in [9.17, 15) is 4.79 Å². The summed E-state index contributed by atoms with van der Waals surface area (Å²) in [5, 5.41) is 3.39. The Morgan fingerprint density at radius 1 is 1.45 bits per heavy atom. The van der Waals surface area contributed by atoms with Crippen LogP contribution in [0.5, 0.6) is 0 Å². The second-order valence-electron chi connectivity index (χ2n) is 4.22. The van der Waals surface area contributed by atoms with Crippen LogP contribution in [-0.2, 0) is 4.74 Å². The van der Waals surface area contributed by atoms with Crippen LogP contribution in [0.25, 0.3) is 0 Å². The second-order valence-corrected chi connectivity index (χ2v) is 5.97. The lowest BCUT2D eigenvalue weighted by Gasteiger charge is -2.14. The first kappa shape index (κ1) is 15.1. The summed E-state index contributed by atoms with van der Waals surface area (Å²) in [6.45, 7) is 2.93. The van der Waals surface area contributed by atoms with Gasteiger partial charge in [0.1, 0.15) is 11.8 Å². The first-order valence-corrected chi connectivity index (χ1v) is 7.51. The summed E-state index contributed by atoms with van der Waals surface area (Å²) in [5.41, 5.74) is 0. The number of furan rings is 1. The van der Waals surface area contributed by atoms with Crippen LogP contribution in [0.3, 0.4) is 0 Å². The standard InChI is InChI=1S/C14H16ClNO3S/c1-3-8-16-13(11-6-7-12(15)20-11)9-4-5-10(19-9)14(17)18-2/h4-7,13,16H,3,8H2,1-2H3. The van der Waals surface area contributed by atoms with Gasteiger partial charge in [-0.3, -0.25) is 0 Å². The van der Waals surface area contributed by atoms with Crippen molar-refractivity contribution < 1.29 is 13.9 Å². The minimum Gasteiger partial charge on any atom is -0.463 e. The molecule has 1 N–H and O–H groups in total. The second kappa shape index (κ2) is 6.92. The van der Waals surface area contributed by atoms with E-state index in [1.165, 1.54) is 18.4 Å². The fraction of sp³-hybridized carbons (Fsp3) is 0.357. The number of hydrogen-bond acceptors (Lipinski definition) is 5. The molecule has 2 aromatic heterocycles. The lowest BCUT2D eigenvalue weighted by atomic mass is 10.2. The highest BCUT2D eigenvalue weighted by molar-refractivity contribution is 7.16. The van der Waals surface area contributed by atoms with Crippen molar-refractivity contribution in [1.82, 2.24) is 5.32 Å². The zero-order valence-corrected chi connectivity index (χ0v) is 12.9. The third-order valence-corrected chi connectivity index (χ3v) is 4.07. The number of hydrogen-bond donors (Lipinski definition) is 1. The first-order chi connectivity index (χ1) is 9.65. The molecule has 1 unspecified atom stereocenters. The number of carbonyl (C=O) groups excluding carboxylic acids is 1. The molecule has 0 fully saturated rings. The Kier molecular flexibility index (Phi) is 5.23. The molecular formula is C14H16ClNO3S. The van der Waals surface area contributed by atoms with Crippen molar-refractivity contribution in [3.05, 3.63) is 45.0 Å². The maximum absolute atomic E-state index is 11.4. The van der Waals surface area contributed by atoms with Crippen molar-refractivity contribution in [2.45, 2.75) is 19.4 Å². The number of rotatable bonds is 6. The van der Waals surface area contributed by atoms with Crippen molar-refractivity contribution in [3.8, 4) is 0 Å². The molecule has 1 atom stereocenters. The summed E-state index contributed by atoms with van der Waals surface area (Å²) in [4.78, 5) is 12.5. The molecular weight excluding hydrogens is 298 g/mol. The minimum absolute atomic E-state index is 0.106. The largest absolute Gasteiger partial charge is 0.463 e. The monoisotopic (exact) mass is 313 g/mol. The Bertz CT molecular complexity index is 578. The molecule has 0 aromatic carbocycles. The highest BCUT2D eigenvalue weighted by Crippen LogP contribution is 2.32. The highest BCUT2D eigenvalue weighted by atomic mass is 35.5. The fourth-order valence-corrected chi connectivity index (χ4v) is 2.98. The predicted molar refractivity (Wildman–Crippen MR) is 79.5 cm³/mol. The van der Waals surface area contributed by atoms with Gasteiger partial charge < -0.3 is 14.5 Å². The molecule has 0 aliphatic carbocycles. The van der Waals surface area contributed by atoms with Crippen LogP contribution in [0.15, 0.2) is 28.7 Å². The molecule has 2 aromatic rings. The van der Waals surface area contributed by atoms with Gasteiger partial charge in [-0.25, -0.2) is 4.79 Å². The predicted octanol–water partition coefficient (Wildman–Crippen LogP) is 3.87. The molecule has 0 saturated heterocycles. The molecule has 0 spiro atoms. The van der Waals surface area contributed by atoms with E-state index < -0.39 is 5.97 Å². The van der Waals surface area contributed by atoms with Gasteiger partial charge in [-0.1, -0.05) is 18.5 Å². The van der Waals surface area contributed by atoms with Gasteiger partial charge in [-0.2, -0.15) is 0 Å². The zero-order chi connectivity index (χ0) is 14.5. The van der Waals surface area contributed by atoms with Gasteiger partial charge in [0, 0.05) is 4.88 Å². The maximum Gasteiger partial charge on any atom is 0.373 e. The normalized spacial score (nSPS) is 12.3. The Balaban J connectivity index is 2.26. The number of methoxy groups -OCH3 is 1. The highest BCUT2D eigenvalue weighted by Gasteiger charge is 2.21. The van der Waals surface area contributed by atoms with Crippen LogP contribution in [0.2, 0.25) is 4.34 Å². The number of thiophene rings is 1. The Labute approximate surface area is 126 Å². The van der Waals surface area contributed by atoms with Gasteiger partial charge in [-0.05, 0) is 37.2 Å². The van der Waals surface area contributed by atoms with Crippen molar-refractivity contribution in [1.29, 1.82) is 0 Å². The van der Waals surface area contributed by atoms with E-state index in [4.69, 9.17) is 16.0 Å². The molecule has 0 aliphatic heterocycles. The first-order valence-electron chi connectivity index (χ1n) is 6.32. The number of ether oxygens (including phenoxy) is 1. The van der Waals surface area contributed by atoms with Gasteiger partial charge in [0.2, 0.25) is 5.76 Å². The van der Waals surface area contributed by atoms with E-state index in [1.807, 2.05) is 12.1 Å². The average Bonchev–Trinajstić information content (AvgIpc) is 3.08. The fourth-order valence-electron chi connectivity index (χ4n) is 1.83. The summed E-state index contributed by atoms with van der Waals surface area (Å²) in [5.74, 6) is 0.403. The van der Waals surface area contributed by atoms with Crippen molar-refractivity contribution in [2.24, 2.45) is 0 Å². The molecule has 20 heavy (non-hydrogen) atoms. The molecule has 0 bridgehead atoms. The lowest BCUT2D eigenvalue weighted by Crippen LogP contribution is -2.21. The lowest BCUT2D eigenvalue weighted by molar-refractivity contribution is 0.0562. The molecule has 0 aliphatic rings. The van der Waals surface area contributed by atoms with Crippen molar-refractivity contribution >= 4 is 28.9 Å². The van der Waals surface area contributed by atoms with E-state index in [-0.39, 0.29) is 11.8 Å². The smallest absolute Gasteiger partial charge is 0.373 e.